The molecule has 1 saturated heterocycles. The van der Waals surface area contributed by atoms with E-state index in [1.165, 1.54) is 6.42 Å². The summed E-state index contributed by atoms with van der Waals surface area (Å²) in [5.74, 6) is 3.01. The van der Waals surface area contributed by atoms with E-state index in [-0.39, 0.29) is 10.8 Å². The maximum absolute atomic E-state index is 12.5. The summed E-state index contributed by atoms with van der Waals surface area (Å²) < 4.78 is 6.52. The van der Waals surface area contributed by atoms with Crippen LogP contribution < -0.4 is 0 Å². The third kappa shape index (κ3) is 1.74. The number of Topliss-reactive ketones (excluding diaryl/α,β-unsaturated/α-hetero) is 1. The highest BCUT2D eigenvalue weighted by atomic mass is 16.5. The van der Waals surface area contributed by atoms with Gasteiger partial charge in [-0.05, 0) is 82.5 Å². The van der Waals surface area contributed by atoms with Gasteiger partial charge in [-0.1, -0.05) is 6.92 Å². The molecule has 0 radical (unpaired) electrons. The van der Waals surface area contributed by atoms with Crippen LogP contribution in [-0.4, -0.2) is 28.7 Å². The van der Waals surface area contributed by atoms with Crippen molar-refractivity contribution >= 4 is 5.78 Å². The van der Waals surface area contributed by atoms with Gasteiger partial charge in [0, 0.05) is 17.3 Å². The summed E-state index contributed by atoms with van der Waals surface area (Å²) in [5.41, 5.74) is -0.296. The molecule has 5 aliphatic rings. The van der Waals surface area contributed by atoms with Crippen LogP contribution in [0.4, 0.5) is 0 Å². The van der Waals surface area contributed by atoms with Crippen molar-refractivity contribution in [3.8, 4) is 0 Å². The van der Waals surface area contributed by atoms with Crippen LogP contribution in [0.3, 0.4) is 0 Å². The lowest BCUT2D eigenvalue weighted by Gasteiger charge is -2.60. The zero-order valence-corrected chi connectivity index (χ0v) is 15.4. The summed E-state index contributed by atoms with van der Waals surface area (Å²) in [6, 6.07) is 0. The third-order valence-electron chi connectivity index (χ3n) is 9.37. The summed E-state index contributed by atoms with van der Waals surface area (Å²) in [6.07, 6.45) is 8.88. The first kappa shape index (κ1) is 15.8. The lowest BCUT2D eigenvalue weighted by Crippen LogP contribution is -2.59. The van der Waals surface area contributed by atoms with Crippen molar-refractivity contribution in [2.24, 2.45) is 34.5 Å². The molecule has 1 heterocycles. The SMILES string of the molecule is C[C@H]1O[C@@H]2C[C@@H]3C(CC[C@]4(C)C(=O)CC[C@@H]34)C13CC[C@@](C)(O)CC23. The number of ketones is 1. The van der Waals surface area contributed by atoms with E-state index in [2.05, 4.69) is 13.8 Å². The van der Waals surface area contributed by atoms with Gasteiger partial charge in [0.05, 0.1) is 17.8 Å². The van der Waals surface area contributed by atoms with Gasteiger partial charge in [0.1, 0.15) is 5.78 Å². The van der Waals surface area contributed by atoms with Gasteiger partial charge in [0.25, 0.3) is 0 Å². The van der Waals surface area contributed by atoms with Crippen LogP contribution in [0.2, 0.25) is 0 Å². The van der Waals surface area contributed by atoms with E-state index in [0.717, 1.165) is 44.9 Å². The van der Waals surface area contributed by atoms with E-state index in [1.54, 1.807) is 0 Å². The van der Waals surface area contributed by atoms with Crippen LogP contribution in [0.25, 0.3) is 0 Å². The molecule has 5 fully saturated rings. The minimum absolute atomic E-state index is 0.0481. The Balaban J connectivity index is 1.55. The van der Waals surface area contributed by atoms with Crippen molar-refractivity contribution in [2.45, 2.75) is 89.9 Å². The molecule has 5 rings (SSSR count). The second kappa shape index (κ2) is 4.65. The van der Waals surface area contributed by atoms with Gasteiger partial charge in [-0.15, -0.1) is 0 Å². The molecule has 0 aromatic carbocycles. The molecule has 9 atom stereocenters. The Morgan fingerprint density at radius 1 is 1.08 bits per heavy atom. The van der Waals surface area contributed by atoms with E-state index in [9.17, 15) is 9.90 Å². The predicted molar refractivity (Wildman–Crippen MR) is 91.4 cm³/mol. The predicted octanol–water partition coefficient (Wildman–Crippen LogP) is 3.73. The molecule has 0 aromatic heterocycles. The Hall–Kier alpha value is -0.410. The van der Waals surface area contributed by atoms with Gasteiger partial charge >= 0.3 is 0 Å². The highest BCUT2D eigenvalue weighted by Gasteiger charge is 2.69. The largest absolute Gasteiger partial charge is 0.390 e. The van der Waals surface area contributed by atoms with E-state index < -0.39 is 5.60 Å². The fraction of sp³-hybridized carbons (Fsp3) is 0.952. The molecule has 24 heavy (non-hydrogen) atoms. The van der Waals surface area contributed by atoms with Crippen molar-refractivity contribution in [1.82, 2.24) is 0 Å². The van der Waals surface area contributed by atoms with E-state index in [0.29, 0.717) is 41.7 Å². The lowest BCUT2D eigenvalue weighted by atomic mass is 9.43. The molecule has 2 bridgehead atoms. The molecule has 1 aliphatic heterocycles. The van der Waals surface area contributed by atoms with Gasteiger partial charge in [0.15, 0.2) is 0 Å². The second-order valence-electron chi connectivity index (χ2n) is 10.3. The van der Waals surface area contributed by atoms with E-state index in [1.807, 2.05) is 6.92 Å². The molecule has 4 saturated carbocycles. The number of hydrogen-bond acceptors (Lipinski definition) is 3. The Morgan fingerprint density at radius 2 is 1.88 bits per heavy atom. The summed E-state index contributed by atoms with van der Waals surface area (Å²) in [6.45, 7) is 6.57. The first-order valence-corrected chi connectivity index (χ1v) is 10.2. The normalized spacial score (nSPS) is 62.1. The minimum atomic E-state index is -0.515. The van der Waals surface area contributed by atoms with Crippen LogP contribution in [0.1, 0.15) is 72.1 Å². The van der Waals surface area contributed by atoms with Crippen molar-refractivity contribution in [1.29, 1.82) is 0 Å². The Bertz CT molecular complexity index is 584. The Morgan fingerprint density at radius 3 is 2.67 bits per heavy atom. The number of carbonyl (C=O) groups is 1. The van der Waals surface area contributed by atoms with Crippen LogP contribution >= 0.6 is 0 Å². The second-order valence-corrected chi connectivity index (χ2v) is 10.3. The summed E-state index contributed by atoms with van der Waals surface area (Å²) in [5, 5.41) is 10.7. The fourth-order valence-corrected chi connectivity index (χ4v) is 8.21. The van der Waals surface area contributed by atoms with Crippen molar-refractivity contribution in [3.05, 3.63) is 0 Å². The lowest BCUT2D eigenvalue weighted by molar-refractivity contribution is -0.149. The van der Waals surface area contributed by atoms with Gasteiger partial charge < -0.3 is 9.84 Å². The van der Waals surface area contributed by atoms with Gasteiger partial charge in [-0.3, -0.25) is 4.79 Å². The monoisotopic (exact) mass is 332 g/mol. The fourth-order valence-electron chi connectivity index (χ4n) is 8.21. The first-order valence-electron chi connectivity index (χ1n) is 10.2. The molecule has 3 heteroatoms. The molecule has 0 spiro atoms. The Kier molecular flexibility index (Phi) is 3.06. The smallest absolute Gasteiger partial charge is 0.139 e. The third-order valence-corrected chi connectivity index (χ3v) is 9.37. The number of fused-ring (bicyclic) bond motifs is 3. The molecule has 4 aliphatic carbocycles. The average Bonchev–Trinajstić information content (AvgIpc) is 2.91. The molecular formula is C21H32O3. The number of rotatable bonds is 0. The number of ether oxygens (including phenoxy) is 1. The summed E-state index contributed by atoms with van der Waals surface area (Å²) in [7, 11) is 0. The topological polar surface area (TPSA) is 46.5 Å². The number of carbonyl (C=O) groups excluding carboxylic acids is 1. The molecular weight excluding hydrogens is 300 g/mol. The van der Waals surface area contributed by atoms with Crippen molar-refractivity contribution in [2.75, 3.05) is 0 Å². The van der Waals surface area contributed by atoms with Crippen LogP contribution in [-0.2, 0) is 9.53 Å². The summed E-state index contributed by atoms with van der Waals surface area (Å²) >= 11 is 0. The van der Waals surface area contributed by atoms with Gasteiger partial charge in [-0.2, -0.15) is 0 Å². The molecule has 134 valence electrons. The maximum atomic E-state index is 12.5. The highest BCUT2D eigenvalue weighted by molar-refractivity contribution is 5.87. The van der Waals surface area contributed by atoms with Gasteiger partial charge in [-0.25, -0.2) is 0 Å². The highest BCUT2D eigenvalue weighted by Crippen LogP contribution is 2.70. The molecule has 1 N–H and O–H groups in total. The minimum Gasteiger partial charge on any atom is -0.390 e. The van der Waals surface area contributed by atoms with Crippen molar-refractivity contribution in [3.63, 3.8) is 0 Å². The molecule has 0 amide bonds. The first-order chi connectivity index (χ1) is 11.3. The van der Waals surface area contributed by atoms with Crippen LogP contribution in [0, 0.1) is 34.5 Å². The molecule has 0 aromatic rings. The maximum Gasteiger partial charge on any atom is 0.139 e. The quantitative estimate of drug-likeness (QED) is 0.735. The van der Waals surface area contributed by atoms with Crippen molar-refractivity contribution < 1.29 is 14.6 Å². The van der Waals surface area contributed by atoms with Crippen LogP contribution in [0.15, 0.2) is 0 Å². The average molecular weight is 332 g/mol. The number of aliphatic hydroxyl groups is 1. The molecule has 3 nitrogen and oxygen atoms in total. The zero-order chi connectivity index (χ0) is 16.9. The van der Waals surface area contributed by atoms with E-state index >= 15 is 0 Å². The summed E-state index contributed by atoms with van der Waals surface area (Å²) in [4.78, 5) is 12.5. The zero-order valence-electron chi connectivity index (χ0n) is 15.4. The number of hydrogen-bond donors (Lipinski definition) is 1. The van der Waals surface area contributed by atoms with E-state index in [4.69, 9.17) is 4.74 Å². The van der Waals surface area contributed by atoms with Gasteiger partial charge in [0.2, 0.25) is 0 Å². The van der Waals surface area contributed by atoms with Crippen LogP contribution in [0.5, 0.6) is 0 Å². The standard InChI is InChI=1S/C21H32O3/c1-12-21-9-8-19(2,23)11-16(21)17(24-12)10-13-14-4-5-18(22)20(14,3)7-6-15(13)21/h12-17,23H,4-11H2,1-3H3/t12-,13+,14+,15?,16?,17-,19-,20+,21?/m1/s1. The Labute approximate surface area is 145 Å². The molecule has 3 unspecified atom stereocenters.